The van der Waals surface area contributed by atoms with Crippen LogP contribution in [0, 0.1) is 18.3 Å². The molecule has 3 aromatic rings. The molecule has 27 heavy (non-hydrogen) atoms. The summed E-state index contributed by atoms with van der Waals surface area (Å²) in [7, 11) is 0. The molecule has 2 aromatic carbocycles. The van der Waals surface area contributed by atoms with Crippen LogP contribution < -0.4 is 10.2 Å². The first-order valence-corrected chi connectivity index (χ1v) is 8.52. The van der Waals surface area contributed by atoms with Crippen molar-refractivity contribution in [3.05, 3.63) is 75.9 Å². The van der Waals surface area contributed by atoms with Gasteiger partial charge in [-0.3, -0.25) is 4.79 Å². The first-order chi connectivity index (χ1) is 13.0. The number of aromatic hydroxyl groups is 1. The van der Waals surface area contributed by atoms with E-state index < -0.39 is 11.2 Å². The van der Waals surface area contributed by atoms with E-state index in [0.717, 1.165) is 11.1 Å². The molecule has 1 N–H and O–H groups in total. The number of aryl methyl sites for hydroxylation is 1. The van der Waals surface area contributed by atoms with Gasteiger partial charge in [0.2, 0.25) is 11.3 Å². The van der Waals surface area contributed by atoms with Crippen LogP contribution in [0.25, 0.3) is 22.4 Å². The molecule has 0 aliphatic rings. The molecule has 0 amide bonds. The Bertz CT molecular complexity index is 1080. The van der Waals surface area contributed by atoms with E-state index in [9.17, 15) is 15.2 Å². The second-order valence-electron chi connectivity index (χ2n) is 5.99. The van der Waals surface area contributed by atoms with Gasteiger partial charge in [0.1, 0.15) is 11.6 Å². The van der Waals surface area contributed by atoms with Crippen molar-refractivity contribution in [2.45, 2.75) is 13.8 Å². The van der Waals surface area contributed by atoms with Crippen molar-refractivity contribution in [2.24, 2.45) is 0 Å². The molecule has 1 heterocycles. The monoisotopic (exact) mass is 358 g/mol. The highest BCUT2D eigenvalue weighted by molar-refractivity contribution is 5.79. The van der Waals surface area contributed by atoms with Crippen molar-refractivity contribution in [2.75, 3.05) is 6.61 Å². The van der Waals surface area contributed by atoms with Crippen LogP contribution in [-0.2, 0) is 0 Å². The first kappa shape index (κ1) is 18.2. The lowest BCUT2D eigenvalue weighted by molar-refractivity contribution is 0.326. The van der Waals surface area contributed by atoms with Crippen molar-refractivity contribution < 1.29 is 9.84 Å². The molecule has 0 unspecified atom stereocenters. The lowest BCUT2D eigenvalue weighted by Gasteiger charge is -2.13. The van der Waals surface area contributed by atoms with E-state index in [4.69, 9.17) is 4.74 Å². The molecule has 0 radical (unpaired) electrons. The third-order valence-corrected chi connectivity index (χ3v) is 4.13. The summed E-state index contributed by atoms with van der Waals surface area (Å²) >= 11 is 0. The summed E-state index contributed by atoms with van der Waals surface area (Å²) in [6.45, 7) is 4.12. The van der Waals surface area contributed by atoms with Gasteiger partial charge in [0.05, 0.1) is 12.3 Å². The van der Waals surface area contributed by atoms with Gasteiger partial charge >= 0.3 is 0 Å². The molecule has 0 atom stereocenters. The molecule has 0 aliphatic heterocycles. The predicted molar refractivity (Wildman–Crippen MR) is 104 cm³/mol. The van der Waals surface area contributed by atoms with Gasteiger partial charge in [0.25, 0.3) is 0 Å². The third kappa shape index (κ3) is 3.65. The topological polar surface area (TPSA) is 83.2 Å². The Morgan fingerprint density at radius 3 is 2.48 bits per heavy atom. The summed E-state index contributed by atoms with van der Waals surface area (Å²) in [6, 6.07) is 17.7. The maximum Gasteiger partial charge on any atom is 0.232 e. The van der Waals surface area contributed by atoms with Gasteiger partial charge in [-0.1, -0.05) is 42.0 Å². The van der Waals surface area contributed by atoms with E-state index in [1.54, 1.807) is 31.2 Å². The van der Waals surface area contributed by atoms with E-state index in [2.05, 4.69) is 11.1 Å². The molecule has 0 fully saturated rings. The number of pyridine rings is 1. The highest BCUT2D eigenvalue weighted by atomic mass is 16.5. The van der Waals surface area contributed by atoms with Gasteiger partial charge in [0, 0.05) is 11.1 Å². The second kappa shape index (κ2) is 7.71. The maximum atomic E-state index is 12.0. The van der Waals surface area contributed by atoms with Crippen LogP contribution in [0.2, 0.25) is 0 Å². The summed E-state index contributed by atoms with van der Waals surface area (Å²) in [5, 5.41) is 20.0. The average Bonchev–Trinajstić information content (AvgIpc) is 2.83. The van der Waals surface area contributed by atoms with Crippen molar-refractivity contribution in [1.82, 2.24) is 4.98 Å². The third-order valence-electron chi connectivity index (χ3n) is 4.13. The van der Waals surface area contributed by atoms with Crippen molar-refractivity contribution in [1.29, 1.82) is 5.26 Å². The Kier molecular flexibility index (Phi) is 5.18. The van der Waals surface area contributed by atoms with Crippen LogP contribution in [0.3, 0.4) is 0 Å². The number of hydrogen-bond acceptors (Lipinski definition) is 5. The van der Waals surface area contributed by atoms with Crippen LogP contribution >= 0.6 is 0 Å². The smallest absolute Gasteiger partial charge is 0.232 e. The Morgan fingerprint density at radius 2 is 1.81 bits per heavy atom. The zero-order valence-electron chi connectivity index (χ0n) is 15.1. The number of nitrogens with zero attached hydrogens (tertiary/aromatic N) is 2. The SMILES string of the molecule is CCOc1nc(-c2ccccc(=O)c2O)cc(-c2ccc(C)cc2)c1C#N. The van der Waals surface area contributed by atoms with Gasteiger partial charge in [-0.05, 0) is 37.6 Å². The van der Waals surface area contributed by atoms with E-state index in [1.807, 2.05) is 31.2 Å². The standard InChI is InChI=1S/C22H18N2O3/c1-3-27-22-18(13-23)17(15-10-8-14(2)9-11-15)12-19(24-22)16-6-4-5-7-20(25)21(16)26/h4-12H,3H2,1-2H3,(H,25,26). The Hall–Kier alpha value is -3.65. The van der Waals surface area contributed by atoms with E-state index in [1.165, 1.54) is 6.07 Å². The molecule has 0 saturated heterocycles. The average molecular weight is 358 g/mol. The van der Waals surface area contributed by atoms with E-state index >= 15 is 0 Å². The van der Waals surface area contributed by atoms with Crippen LogP contribution in [0.4, 0.5) is 0 Å². The largest absolute Gasteiger partial charge is 0.504 e. The summed E-state index contributed by atoms with van der Waals surface area (Å²) in [6.07, 6.45) is 0. The van der Waals surface area contributed by atoms with Crippen LogP contribution in [0.5, 0.6) is 11.6 Å². The Labute approximate surface area is 157 Å². The van der Waals surface area contributed by atoms with Crippen molar-refractivity contribution >= 4 is 0 Å². The molecule has 5 nitrogen and oxygen atoms in total. The Morgan fingerprint density at radius 1 is 1.11 bits per heavy atom. The number of aromatic nitrogens is 1. The maximum absolute atomic E-state index is 12.0. The number of rotatable bonds is 4. The quantitative estimate of drug-likeness (QED) is 0.760. The minimum atomic E-state index is -0.504. The number of benzene rings is 1. The van der Waals surface area contributed by atoms with Gasteiger partial charge < -0.3 is 9.84 Å². The zero-order valence-corrected chi connectivity index (χ0v) is 15.1. The van der Waals surface area contributed by atoms with Gasteiger partial charge in [-0.15, -0.1) is 0 Å². The molecule has 0 aliphatic carbocycles. The fourth-order valence-electron chi connectivity index (χ4n) is 2.76. The minimum Gasteiger partial charge on any atom is -0.504 e. The fourth-order valence-corrected chi connectivity index (χ4v) is 2.76. The second-order valence-corrected chi connectivity index (χ2v) is 5.99. The molecule has 0 spiro atoms. The summed E-state index contributed by atoms with van der Waals surface area (Å²) < 4.78 is 5.58. The normalized spacial score (nSPS) is 10.3. The van der Waals surface area contributed by atoms with E-state index in [0.29, 0.717) is 23.4 Å². The summed E-state index contributed by atoms with van der Waals surface area (Å²) in [5.41, 5.74) is 3.00. The molecule has 1 aromatic heterocycles. The van der Waals surface area contributed by atoms with Gasteiger partial charge in [-0.2, -0.15) is 5.26 Å². The molecule has 0 bridgehead atoms. The molecule has 134 valence electrons. The fraction of sp³-hybridized carbons (Fsp3) is 0.136. The Balaban J connectivity index is 2.33. The molecular formula is C22H18N2O3. The van der Waals surface area contributed by atoms with Crippen LogP contribution in [-0.4, -0.2) is 16.7 Å². The highest BCUT2D eigenvalue weighted by Crippen LogP contribution is 2.35. The predicted octanol–water partition coefficient (Wildman–Crippen LogP) is 4.06. The van der Waals surface area contributed by atoms with Gasteiger partial charge in [-0.25, -0.2) is 4.98 Å². The van der Waals surface area contributed by atoms with Crippen LogP contribution in [0.15, 0.2) is 59.4 Å². The number of nitriles is 1. The van der Waals surface area contributed by atoms with Crippen molar-refractivity contribution in [3.8, 4) is 40.1 Å². The summed E-state index contributed by atoms with van der Waals surface area (Å²) in [5.74, 6) is -0.221. The van der Waals surface area contributed by atoms with Gasteiger partial charge in [0.15, 0.2) is 5.75 Å². The number of hydrogen-bond donors (Lipinski definition) is 1. The number of ether oxygens (including phenoxy) is 1. The molecule has 5 heteroatoms. The van der Waals surface area contributed by atoms with Crippen LogP contribution in [0.1, 0.15) is 18.1 Å². The lowest BCUT2D eigenvalue weighted by atomic mass is 9.98. The lowest BCUT2D eigenvalue weighted by Crippen LogP contribution is -2.02. The molecular weight excluding hydrogens is 340 g/mol. The zero-order chi connectivity index (χ0) is 19.4. The highest BCUT2D eigenvalue weighted by Gasteiger charge is 2.18. The van der Waals surface area contributed by atoms with Crippen molar-refractivity contribution in [3.63, 3.8) is 0 Å². The van der Waals surface area contributed by atoms with E-state index in [-0.39, 0.29) is 11.4 Å². The first-order valence-electron chi connectivity index (χ1n) is 8.52. The minimum absolute atomic E-state index is 0.173. The molecule has 0 saturated carbocycles. The summed E-state index contributed by atoms with van der Waals surface area (Å²) in [4.78, 5) is 16.4. The molecule has 3 rings (SSSR count).